The van der Waals surface area contributed by atoms with E-state index in [1.54, 1.807) is 31.2 Å². The van der Waals surface area contributed by atoms with Crippen molar-refractivity contribution < 1.29 is 19.5 Å². The van der Waals surface area contributed by atoms with Crippen LogP contribution in [0.1, 0.15) is 12.5 Å². The molecule has 0 spiro atoms. The fourth-order valence-corrected chi connectivity index (χ4v) is 1.71. The Balaban J connectivity index is 1.97. The molecule has 6 heteroatoms. The van der Waals surface area contributed by atoms with Gasteiger partial charge in [0, 0.05) is 5.69 Å². The fraction of sp³-hybridized carbons (Fsp3) is 0.385. The Hall–Kier alpha value is -1.92. The zero-order valence-corrected chi connectivity index (χ0v) is 10.6. The SMILES string of the molecule is CC(=NO)c1ccc(NC(=O)C2COCCO2)cc1. The lowest BCUT2D eigenvalue weighted by Crippen LogP contribution is -2.39. The highest BCUT2D eigenvalue weighted by Gasteiger charge is 2.22. The Kier molecular flexibility index (Phi) is 4.48. The van der Waals surface area contributed by atoms with Crippen LogP contribution in [0.5, 0.6) is 0 Å². The minimum atomic E-state index is -0.561. The molecule has 0 saturated carbocycles. The summed E-state index contributed by atoms with van der Waals surface area (Å²) >= 11 is 0. The highest BCUT2D eigenvalue weighted by Crippen LogP contribution is 2.12. The van der Waals surface area contributed by atoms with Crippen LogP contribution < -0.4 is 5.32 Å². The molecule has 1 aliphatic rings. The van der Waals surface area contributed by atoms with Crippen LogP contribution in [0.2, 0.25) is 0 Å². The van der Waals surface area contributed by atoms with Gasteiger partial charge in [-0.1, -0.05) is 17.3 Å². The summed E-state index contributed by atoms with van der Waals surface area (Å²) in [4.78, 5) is 11.9. The predicted molar refractivity (Wildman–Crippen MR) is 69.6 cm³/mol. The Morgan fingerprint density at radius 3 is 2.68 bits per heavy atom. The van der Waals surface area contributed by atoms with E-state index in [2.05, 4.69) is 10.5 Å². The zero-order chi connectivity index (χ0) is 13.7. The first-order valence-electron chi connectivity index (χ1n) is 6.00. The summed E-state index contributed by atoms with van der Waals surface area (Å²) in [7, 11) is 0. The van der Waals surface area contributed by atoms with Crippen LogP contribution >= 0.6 is 0 Å². The maximum absolute atomic E-state index is 11.9. The van der Waals surface area contributed by atoms with Gasteiger partial charge in [-0.05, 0) is 24.6 Å². The number of hydrogen-bond acceptors (Lipinski definition) is 5. The number of oxime groups is 1. The van der Waals surface area contributed by atoms with Crippen molar-refractivity contribution in [1.29, 1.82) is 0 Å². The number of rotatable bonds is 3. The van der Waals surface area contributed by atoms with E-state index in [1.807, 2.05) is 0 Å². The summed E-state index contributed by atoms with van der Waals surface area (Å²) in [5.74, 6) is -0.222. The molecular weight excluding hydrogens is 248 g/mol. The number of nitrogens with one attached hydrogen (secondary N) is 1. The lowest BCUT2D eigenvalue weighted by atomic mass is 10.1. The van der Waals surface area contributed by atoms with E-state index in [0.717, 1.165) is 5.56 Å². The summed E-state index contributed by atoms with van der Waals surface area (Å²) < 4.78 is 10.5. The van der Waals surface area contributed by atoms with Gasteiger partial charge < -0.3 is 20.0 Å². The topological polar surface area (TPSA) is 80.2 Å². The molecule has 1 atom stereocenters. The van der Waals surface area contributed by atoms with Gasteiger partial charge in [-0.3, -0.25) is 4.79 Å². The number of benzene rings is 1. The standard InChI is InChI=1S/C13H16N2O4/c1-9(15-17)10-2-4-11(5-3-10)14-13(16)12-8-18-6-7-19-12/h2-5,12,17H,6-8H2,1H3,(H,14,16). The smallest absolute Gasteiger partial charge is 0.255 e. The molecule has 1 fully saturated rings. The lowest BCUT2D eigenvalue weighted by Gasteiger charge is -2.22. The molecule has 102 valence electrons. The number of carbonyl (C=O) groups is 1. The largest absolute Gasteiger partial charge is 0.411 e. The third kappa shape index (κ3) is 3.52. The van der Waals surface area contributed by atoms with E-state index in [-0.39, 0.29) is 12.5 Å². The van der Waals surface area contributed by atoms with Crippen molar-refractivity contribution in [3.05, 3.63) is 29.8 Å². The molecule has 1 aromatic carbocycles. The molecule has 1 aliphatic heterocycles. The van der Waals surface area contributed by atoms with Gasteiger partial charge in [0.25, 0.3) is 5.91 Å². The van der Waals surface area contributed by atoms with Gasteiger partial charge in [-0.2, -0.15) is 0 Å². The molecule has 6 nitrogen and oxygen atoms in total. The van der Waals surface area contributed by atoms with E-state index in [9.17, 15) is 4.79 Å². The second kappa shape index (κ2) is 6.31. The van der Waals surface area contributed by atoms with Gasteiger partial charge in [0.1, 0.15) is 0 Å². The average Bonchev–Trinajstić information content (AvgIpc) is 2.48. The molecule has 0 aromatic heterocycles. The van der Waals surface area contributed by atoms with E-state index < -0.39 is 6.10 Å². The Morgan fingerprint density at radius 2 is 2.11 bits per heavy atom. The third-order valence-corrected chi connectivity index (χ3v) is 2.83. The highest BCUT2D eigenvalue weighted by atomic mass is 16.6. The number of amides is 1. The molecular formula is C13H16N2O4. The van der Waals surface area contributed by atoms with E-state index >= 15 is 0 Å². The van der Waals surface area contributed by atoms with E-state index in [1.165, 1.54) is 0 Å². The monoisotopic (exact) mass is 264 g/mol. The van der Waals surface area contributed by atoms with Crippen molar-refractivity contribution in [3.63, 3.8) is 0 Å². The van der Waals surface area contributed by atoms with E-state index in [0.29, 0.717) is 24.6 Å². The summed E-state index contributed by atoms with van der Waals surface area (Å²) in [6.07, 6.45) is -0.561. The number of hydrogen-bond donors (Lipinski definition) is 2. The Bertz CT molecular complexity index is 464. The van der Waals surface area contributed by atoms with Gasteiger partial charge in [-0.15, -0.1) is 0 Å². The average molecular weight is 264 g/mol. The van der Waals surface area contributed by atoms with Crippen molar-refractivity contribution in [2.24, 2.45) is 5.16 Å². The third-order valence-electron chi connectivity index (χ3n) is 2.83. The zero-order valence-electron chi connectivity index (χ0n) is 10.6. The summed E-state index contributed by atoms with van der Waals surface area (Å²) in [5.41, 5.74) is 1.97. The molecule has 2 rings (SSSR count). The minimum absolute atomic E-state index is 0.222. The summed E-state index contributed by atoms with van der Waals surface area (Å²) in [6.45, 7) is 2.93. The normalized spacial score (nSPS) is 20.1. The maximum Gasteiger partial charge on any atom is 0.255 e. The molecule has 1 amide bonds. The fourth-order valence-electron chi connectivity index (χ4n) is 1.71. The first-order chi connectivity index (χ1) is 9.20. The lowest BCUT2D eigenvalue weighted by molar-refractivity contribution is -0.142. The van der Waals surface area contributed by atoms with Crippen molar-refractivity contribution in [2.75, 3.05) is 25.1 Å². The van der Waals surface area contributed by atoms with Crippen molar-refractivity contribution in [3.8, 4) is 0 Å². The Morgan fingerprint density at radius 1 is 1.37 bits per heavy atom. The minimum Gasteiger partial charge on any atom is -0.411 e. The summed E-state index contributed by atoms with van der Waals surface area (Å²) in [6, 6.07) is 7.02. The van der Waals surface area contributed by atoms with Crippen molar-refractivity contribution >= 4 is 17.3 Å². The van der Waals surface area contributed by atoms with Crippen LogP contribution in [0, 0.1) is 0 Å². The number of ether oxygens (including phenoxy) is 2. The second-order valence-corrected chi connectivity index (χ2v) is 4.19. The molecule has 19 heavy (non-hydrogen) atoms. The van der Waals surface area contributed by atoms with Crippen LogP contribution in [0.4, 0.5) is 5.69 Å². The van der Waals surface area contributed by atoms with Crippen molar-refractivity contribution in [2.45, 2.75) is 13.0 Å². The highest BCUT2D eigenvalue weighted by molar-refractivity contribution is 5.99. The van der Waals surface area contributed by atoms with Gasteiger partial charge in [0.2, 0.25) is 0 Å². The van der Waals surface area contributed by atoms with Crippen LogP contribution in [0.15, 0.2) is 29.4 Å². The molecule has 2 N–H and O–H groups in total. The molecule has 0 radical (unpaired) electrons. The Labute approximate surface area is 111 Å². The summed E-state index contributed by atoms with van der Waals surface area (Å²) in [5, 5.41) is 14.5. The predicted octanol–water partition coefficient (Wildman–Crippen LogP) is 1.24. The molecule has 0 aliphatic carbocycles. The number of anilines is 1. The van der Waals surface area contributed by atoms with E-state index in [4.69, 9.17) is 14.7 Å². The van der Waals surface area contributed by atoms with Crippen LogP contribution in [-0.4, -0.2) is 42.8 Å². The van der Waals surface area contributed by atoms with Crippen LogP contribution in [-0.2, 0) is 14.3 Å². The first-order valence-corrected chi connectivity index (χ1v) is 6.00. The molecule has 1 heterocycles. The molecule has 1 saturated heterocycles. The molecule has 1 unspecified atom stereocenters. The van der Waals surface area contributed by atoms with Gasteiger partial charge in [0.15, 0.2) is 6.10 Å². The van der Waals surface area contributed by atoms with Crippen LogP contribution in [0.3, 0.4) is 0 Å². The maximum atomic E-state index is 11.9. The van der Waals surface area contributed by atoms with Gasteiger partial charge >= 0.3 is 0 Å². The first kappa shape index (κ1) is 13.5. The van der Waals surface area contributed by atoms with Gasteiger partial charge in [0.05, 0.1) is 25.5 Å². The quantitative estimate of drug-likeness (QED) is 0.489. The van der Waals surface area contributed by atoms with Gasteiger partial charge in [-0.25, -0.2) is 0 Å². The number of nitrogens with zero attached hydrogens (tertiary/aromatic N) is 1. The number of carbonyl (C=O) groups excluding carboxylic acids is 1. The van der Waals surface area contributed by atoms with Crippen molar-refractivity contribution in [1.82, 2.24) is 0 Å². The second-order valence-electron chi connectivity index (χ2n) is 4.19. The molecule has 1 aromatic rings. The molecule has 0 bridgehead atoms. The van der Waals surface area contributed by atoms with Crippen LogP contribution in [0.25, 0.3) is 0 Å².